The molecule has 0 aliphatic heterocycles. The van der Waals surface area contributed by atoms with E-state index >= 15 is 0 Å². The first-order chi connectivity index (χ1) is 16.2. The van der Waals surface area contributed by atoms with E-state index in [1.54, 1.807) is 0 Å². The predicted molar refractivity (Wildman–Crippen MR) is 133 cm³/mol. The van der Waals surface area contributed by atoms with Crippen LogP contribution in [0.2, 0.25) is 0 Å². The van der Waals surface area contributed by atoms with Crippen LogP contribution in [0, 0.1) is 0 Å². The van der Waals surface area contributed by atoms with E-state index < -0.39 is 0 Å². The molecule has 4 aromatic rings. The summed E-state index contributed by atoms with van der Waals surface area (Å²) < 4.78 is 7.97. The second-order valence-electron chi connectivity index (χ2n) is 8.28. The molecule has 5 rings (SSSR count). The van der Waals surface area contributed by atoms with Gasteiger partial charge in [-0.3, -0.25) is 4.79 Å². The minimum absolute atomic E-state index is 0.0747. The summed E-state index contributed by atoms with van der Waals surface area (Å²) in [5, 5.41) is 14.5. The van der Waals surface area contributed by atoms with Crippen LogP contribution in [-0.4, -0.2) is 32.5 Å². The van der Waals surface area contributed by atoms with Gasteiger partial charge in [-0.1, -0.05) is 48.2 Å². The third-order valence-electron chi connectivity index (χ3n) is 5.95. The third-order valence-corrected chi connectivity index (χ3v) is 6.97. The number of anilines is 1. The van der Waals surface area contributed by atoms with Crippen LogP contribution in [-0.2, 0) is 11.8 Å². The summed E-state index contributed by atoms with van der Waals surface area (Å²) >= 11 is 1.37. The van der Waals surface area contributed by atoms with Gasteiger partial charge in [0.2, 0.25) is 5.91 Å². The lowest BCUT2D eigenvalue weighted by Crippen LogP contribution is -2.14. The molecule has 1 saturated carbocycles. The fraction of sp³-hybridized carbons (Fsp3) is 0.269. The highest BCUT2D eigenvalue weighted by molar-refractivity contribution is 7.99. The van der Waals surface area contributed by atoms with Gasteiger partial charge in [0.15, 0.2) is 11.0 Å². The van der Waals surface area contributed by atoms with Crippen LogP contribution >= 0.6 is 11.8 Å². The molecule has 1 aliphatic carbocycles. The van der Waals surface area contributed by atoms with Crippen molar-refractivity contribution >= 4 is 34.1 Å². The van der Waals surface area contributed by atoms with Gasteiger partial charge in [0.25, 0.3) is 0 Å². The van der Waals surface area contributed by atoms with Crippen molar-refractivity contribution in [3.8, 4) is 17.1 Å². The van der Waals surface area contributed by atoms with Gasteiger partial charge >= 0.3 is 0 Å². The molecule has 0 bridgehead atoms. The maximum atomic E-state index is 12.6. The third kappa shape index (κ3) is 4.88. The Bertz CT molecular complexity index is 1260. The van der Waals surface area contributed by atoms with Gasteiger partial charge in [-0.15, -0.1) is 10.2 Å². The lowest BCUT2D eigenvalue weighted by Gasteiger charge is -2.13. The number of nitrogens with zero attached hydrogens (tertiary/aromatic N) is 3. The number of thioether (sulfide) groups is 1. The molecule has 0 spiro atoms. The van der Waals surface area contributed by atoms with E-state index in [0.29, 0.717) is 11.3 Å². The maximum Gasteiger partial charge on any atom is 0.234 e. The molecule has 1 heterocycles. The van der Waals surface area contributed by atoms with Gasteiger partial charge in [0.05, 0.1) is 11.9 Å². The van der Waals surface area contributed by atoms with Gasteiger partial charge in [0, 0.05) is 23.7 Å². The monoisotopic (exact) mass is 458 g/mol. The van der Waals surface area contributed by atoms with Gasteiger partial charge in [-0.05, 0) is 61.4 Å². The molecule has 7 heteroatoms. The van der Waals surface area contributed by atoms with E-state index in [-0.39, 0.29) is 11.7 Å². The fourth-order valence-corrected chi connectivity index (χ4v) is 4.94. The van der Waals surface area contributed by atoms with Gasteiger partial charge in [-0.25, -0.2) is 0 Å². The van der Waals surface area contributed by atoms with Gasteiger partial charge in [-0.2, -0.15) is 0 Å². The number of aromatic nitrogens is 3. The molecule has 1 amide bonds. The zero-order chi connectivity index (χ0) is 22.6. The molecule has 1 aromatic heterocycles. The Morgan fingerprint density at radius 1 is 1.03 bits per heavy atom. The van der Waals surface area contributed by atoms with E-state index in [1.165, 1.54) is 24.6 Å². The number of nitrogens with one attached hydrogen (secondary N) is 1. The summed E-state index contributed by atoms with van der Waals surface area (Å²) in [7, 11) is 1.92. The van der Waals surface area contributed by atoms with Crippen molar-refractivity contribution in [2.24, 2.45) is 7.05 Å². The number of carbonyl (C=O) groups is 1. The van der Waals surface area contributed by atoms with Crippen LogP contribution in [0.1, 0.15) is 25.7 Å². The molecule has 1 fully saturated rings. The Balaban J connectivity index is 1.21. The molecule has 0 unspecified atom stereocenters. The summed E-state index contributed by atoms with van der Waals surface area (Å²) in [5.74, 6) is 1.84. The van der Waals surface area contributed by atoms with Crippen LogP contribution < -0.4 is 10.1 Å². The van der Waals surface area contributed by atoms with Crippen molar-refractivity contribution in [3.05, 3.63) is 66.7 Å². The Kier molecular flexibility index (Phi) is 6.30. The molecule has 168 valence electrons. The first-order valence-electron chi connectivity index (χ1n) is 11.2. The minimum Gasteiger partial charge on any atom is -0.490 e. The molecule has 0 radical (unpaired) electrons. The van der Waals surface area contributed by atoms with E-state index in [1.807, 2.05) is 78.3 Å². The average molecular weight is 459 g/mol. The van der Waals surface area contributed by atoms with Gasteiger partial charge in [0.1, 0.15) is 5.75 Å². The van der Waals surface area contributed by atoms with Crippen LogP contribution in [0.25, 0.3) is 22.2 Å². The molecule has 0 saturated heterocycles. The maximum absolute atomic E-state index is 12.6. The smallest absolute Gasteiger partial charge is 0.234 e. The Morgan fingerprint density at radius 2 is 1.79 bits per heavy atom. The zero-order valence-corrected chi connectivity index (χ0v) is 19.3. The summed E-state index contributed by atoms with van der Waals surface area (Å²) in [6.45, 7) is 0. The topological polar surface area (TPSA) is 69.0 Å². The number of hydrogen-bond acceptors (Lipinski definition) is 5. The quantitative estimate of drug-likeness (QED) is 0.361. The number of ether oxygens (including phenoxy) is 1. The lowest BCUT2D eigenvalue weighted by molar-refractivity contribution is -0.113. The number of fused-ring (bicyclic) bond motifs is 1. The van der Waals surface area contributed by atoms with Crippen molar-refractivity contribution in [1.29, 1.82) is 0 Å². The van der Waals surface area contributed by atoms with Crippen LogP contribution in [0.15, 0.2) is 71.9 Å². The van der Waals surface area contributed by atoms with Crippen molar-refractivity contribution in [2.45, 2.75) is 36.9 Å². The summed E-state index contributed by atoms with van der Waals surface area (Å²) in [6, 6.07) is 21.9. The van der Waals surface area contributed by atoms with Crippen molar-refractivity contribution in [1.82, 2.24) is 14.8 Å². The van der Waals surface area contributed by atoms with Crippen molar-refractivity contribution < 1.29 is 9.53 Å². The summed E-state index contributed by atoms with van der Waals surface area (Å²) in [6.07, 6.45) is 5.12. The van der Waals surface area contributed by atoms with Crippen LogP contribution in [0.3, 0.4) is 0 Å². The first-order valence-corrected chi connectivity index (χ1v) is 12.2. The van der Waals surface area contributed by atoms with E-state index in [9.17, 15) is 4.79 Å². The average Bonchev–Trinajstić information content (AvgIpc) is 3.48. The Hall–Kier alpha value is -3.32. The molecule has 6 nitrogen and oxygen atoms in total. The fourth-order valence-electron chi connectivity index (χ4n) is 4.22. The highest BCUT2D eigenvalue weighted by Crippen LogP contribution is 2.28. The normalized spacial score (nSPS) is 14.0. The zero-order valence-electron chi connectivity index (χ0n) is 18.5. The Morgan fingerprint density at radius 3 is 2.61 bits per heavy atom. The highest BCUT2D eigenvalue weighted by atomic mass is 32.2. The molecule has 3 aromatic carbocycles. The largest absolute Gasteiger partial charge is 0.490 e. The van der Waals surface area contributed by atoms with E-state index in [2.05, 4.69) is 15.5 Å². The van der Waals surface area contributed by atoms with Gasteiger partial charge < -0.3 is 14.6 Å². The van der Waals surface area contributed by atoms with Crippen molar-refractivity contribution in [3.63, 3.8) is 0 Å². The standard InChI is InChI=1S/C26H26N4O2S/c1-30-25(19-13-15-21(16-14-19)32-20-9-3-4-10-20)28-29-26(30)33-17-24(31)27-23-12-6-8-18-7-2-5-11-22(18)23/h2,5-8,11-16,20H,3-4,9-10,17H2,1H3,(H,27,31). The van der Waals surface area contributed by atoms with Crippen LogP contribution in [0.4, 0.5) is 5.69 Å². The number of amides is 1. The Labute approximate surface area is 197 Å². The first kappa shape index (κ1) is 21.5. The second-order valence-corrected chi connectivity index (χ2v) is 9.22. The number of carbonyl (C=O) groups excluding carboxylic acids is 1. The van der Waals surface area contributed by atoms with E-state index in [0.717, 1.165) is 46.4 Å². The number of hydrogen-bond donors (Lipinski definition) is 1. The van der Waals surface area contributed by atoms with E-state index in [4.69, 9.17) is 4.74 Å². The summed E-state index contributed by atoms with van der Waals surface area (Å²) in [4.78, 5) is 12.6. The highest BCUT2D eigenvalue weighted by Gasteiger charge is 2.17. The molecular formula is C26H26N4O2S. The second kappa shape index (κ2) is 9.67. The van der Waals surface area contributed by atoms with Crippen molar-refractivity contribution in [2.75, 3.05) is 11.1 Å². The molecule has 0 atom stereocenters. The summed E-state index contributed by atoms with van der Waals surface area (Å²) in [5.41, 5.74) is 1.79. The predicted octanol–water partition coefficient (Wildman–Crippen LogP) is 5.69. The molecular weight excluding hydrogens is 432 g/mol. The molecule has 33 heavy (non-hydrogen) atoms. The number of rotatable bonds is 7. The molecule has 1 aliphatic rings. The number of benzene rings is 3. The minimum atomic E-state index is -0.0747. The molecule has 1 N–H and O–H groups in total. The van der Waals surface area contributed by atoms with Crippen LogP contribution in [0.5, 0.6) is 5.75 Å². The lowest BCUT2D eigenvalue weighted by atomic mass is 10.1. The SMILES string of the molecule is Cn1c(SCC(=O)Nc2cccc3ccccc23)nnc1-c1ccc(OC2CCCC2)cc1.